The summed E-state index contributed by atoms with van der Waals surface area (Å²) in [7, 11) is -9.99. The zero-order valence-electron chi connectivity index (χ0n) is 29.2. The molecular formula is C24H26N9Na5O12P2. The van der Waals surface area contributed by atoms with E-state index < -0.39 is 76.4 Å². The van der Waals surface area contributed by atoms with Crippen LogP contribution in [0.1, 0.15) is 35.3 Å². The second-order valence-corrected chi connectivity index (χ2v) is 13.9. The number of anilines is 3. The maximum atomic E-state index is 12.7. The van der Waals surface area contributed by atoms with Crippen molar-refractivity contribution < 1.29 is 207 Å². The summed E-state index contributed by atoms with van der Waals surface area (Å²) >= 11 is 0. The van der Waals surface area contributed by atoms with Crippen molar-refractivity contribution >= 4 is 68.2 Å². The van der Waals surface area contributed by atoms with E-state index in [4.69, 9.17) is 21.3 Å². The number of nitrogen functional groups attached to an aromatic ring is 2. The summed E-state index contributed by atoms with van der Waals surface area (Å²) in [4.78, 5) is 120. The molecule has 0 spiro atoms. The number of hydrogen-bond donors (Lipinski definition) is 5. The van der Waals surface area contributed by atoms with Crippen molar-refractivity contribution in [2.24, 2.45) is 4.99 Å². The molecule has 0 aliphatic rings. The molecule has 7 N–H and O–H groups in total. The van der Waals surface area contributed by atoms with Gasteiger partial charge in [0.15, 0.2) is 17.0 Å². The van der Waals surface area contributed by atoms with Gasteiger partial charge in [-0.3, -0.25) is 9.79 Å². The van der Waals surface area contributed by atoms with Crippen LogP contribution in [-0.2, 0) is 16.1 Å². The van der Waals surface area contributed by atoms with Gasteiger partial charge < -0.3 is 66.2 Å². The van der Waals surface area contributed by atoms with Crippen LogP contribution in [-0.4, -0.2) is 78.0 Å². The third kappa shape index (κ3) is 17.4. The molecule has 2 aromatic heterocycles. The summed E-state index contributed by atoms with van der Waals surface area (Å²) < 4.78 is 0. The number of carbonyl (C=O) groups is 3. The van der Waals surface area contributed by atoms with Crippen molar-refractivity contribution in [2.75, 3.05) is 23.4 Å². The van der Waals surface area contributed by atoms with Crippen LogP contribution in [0.15, 0.2) is 35.5 Å². The first-order chi connectivity index (χ1) is 21.8. The van der Waals surface area contributed by atoms with Crippen molar-refractivity contribution in [3.05, 3.63) is 41.7 Å². The second kappa shape index (κ2) is 25.0. The van der Waals surface area contributed by atoms with Crippen LogP contribution in [0, 0.1) is 0 Å². The summed E-state index contributed by atoms with van der Waals surface area (Å²) in [6.45, 7) is 0.246. The number of nitrogens with zero attached hydrogens (tertiary/aromatic N) is 6. The number of fused-ring (bicyclic) bond motifs is 1. The molecule has 1 aromatic carbocycles. The second-order valence-electron chi connectivity index (χ2n) is 9.99. The third-order valence-electron chi connectivity index (χ3n) is 6.47. The minimum Gasteiger partial charge on any atom is -0.862 e. The van der Waals surface area contributed by atoms with Crippen molar-refractivity contribution in [1.82, 2.24) is 25.3 Å². The number of benzene rings is 1. The first-order valence-corrected chi connectivity index (χ1v) is 16.4. The molecule has 0 bridgehead atoms. The molecule has 0 saturated carbocycles. The molecule has 0 saturated heterocycles. The molecule has 3 rings (SSSR count). The van der Waals surface area contributed by atoms with Gasteiger partial charge in [-0.15, -0.1) is 7.94 Å². The van der Waals surface area contributed by atoms with Crippen LogP contribution in [0.3, 0.4) is 0 Å². The quantitative estimate of drug-likeness (QED) is 0.0412. The zero-order valence-corrected chi connectivity index (χ0v) is 40.9. The van der Waals surface area contributed by atoms with Crippen LogP contribution in [0.2, 0.25) is 0 Å². The summed E-state index contributed by atoms with van der Waals surface area (Å²) in [5.41, 5.74) is 13.0. The Morgan fingerprint density at radius 1 is 0.923 bits per heavy atom. The van der Waals surface area contributed by atoms with Gasteiger partial charge in [0, 0.05) is 18.3 Å². The number of aliphatic imine (C=N–C) groups is 1. The van der Waals surface area contributed by atoms with Crippen LogP contribution >= 0.6 is 15.9 Å². The first-order valence-electron chi connectivity index (χ1n) is 13.1. The molecule has 3 atom stereocenters. The van der Waals surface area contributed by atoms with Gasteiger partial charge in [-0.1, -0.05) is 0 Å². The number of aromatic nitrogens is 4. The van der Waals surface area contributed by atoms with E-state index in [0.717, 1.165) is 0 Å². The number of nitrogens with two attached hydrogens (primary N) is 2. The molecule has 0 aliphatic heterocycles. The molecule has 254 valence electrons. The van der Waals surface area contributed by atoms with Gasteiger partial charge in [-0.25, -0.2) is 19.8 Å². The van der Waals surface area contributed by atoms with Gasteiger partial charge in [0.25, 0.3) is 13.9 Å². The number of carboxylic acid groups (broad SMARTS) is 2. The summed E-state index contributed by atoms with van der Waals surface area (Å²) in [6, 6.07) is 1.61. The number of carbonyl (C=O) groups excluding carboxylic acids is 3. The topological polar surface area (TPSA) is 384 Å². The first kappa shape index (κ1) is 56.9. The molecule has 3 aromatic rings. The smallest absolute Gasteiger partial charge is 0.862 e. The van der Waals surface area contributed by atoms with E-state index in [1.807, 2.05) is 0 Å². The molecule has 0 radical (unpaired) electrons. The minimum absolute atomic E-state index is 0. The molecule has 1 amide bonds. The van der Waals surface area contributed by atoms with Gasteiger partial charge >= 0.3 is 148 Å². The van der Waals surface area contributed by atoms with Crippen molar-refractivity contribution in [3.8, 4) is 0 Å². The van der Waals surface area contributed by atoms with Gasteiger partial charge in [-0.2, -0.15) is 9.97 Å². The largest absolute Gasteiger partial charge is 1.00 e. The third-order valence-corrected chi connectivity index (χ3v) is 10.1. The molecule has 28 heteroatoms. The predicted octanol–water partition coefficient (Wildman–Crippen LogP) is -22.6. The fourth-order valence-corrected chi connectivity index (χ4v) is 6.52. The van der Waals surface area contributed by atoms with E-state index in [1.165, 1.54) is 18.3 Å². The Bertz CT molecular complexity index is 1660. The van der Waals surface area contributed by atoms with Crippen LogP contribution in [0.25, 0.3) is 11.2 Å². The molecule has 2 heterocycles. The molecule has 2 unspecified atom stereocenters. The van der Waals surface area contributed by atoms with E-state index in [-0.39, 0.29) is 183 Å². The average Bonchev–Trinajstić information content (AvgIpc) is 2.95. The van der Waals surface area contributed by atoms with E-state index in [9.17, 15) is 49.3 Å². The van der Waals surface area contributed by atoms with Crippen molar-refractivity contribution in [2.45, 2.75) is 43.3 Å². The minimum atomic E-state index is -6.04. The van der Waals surface area contributed by atoms with E-state index in [1.54, 1.807) is 24.1 Å². The molecular weight excluding hydrogens is 783 g/mol. The van der Waals surface area contributed by atoms with Gasteiger partial charge in [0.05, 0.1) is 48.9 Å². The summed E-state index contributed by atoms with van der Waals surface area (Å²) in [6.07, 6.45) is -1.60. The number of rotatable bonds is 15. The fourth-order valence-electron chi connectivity index (χ4n) is 4.11. The van der Waals surface area contributed by atoms with Crippen LogP contribution < -0.4 is 204 Å². The monoisotopic (exact) mass is 809 g/mol. The number of carboxylic acids is 2. The van der Waals surface area contributed by atoms with E-state index in [2.05, 4.69) is 30.2 Å². The Balaban J connectivity index is -0.00000480. The Kier molecular flexibility index (Phi) is 27.4. The van der Waals surface area contributed by atoms with Gasteiger partial charge in [-0.05, 0) is 43.0 Å². The standard InChI is InChI=1S/C24H31N9O12P2.5Na/c1-33(10-12-9-27-20-18(28-12)19(25)31-24(26)32-20)13-4-2-11(3-5-13)21(35)30-14(22(36)37)6-7-16(34)29-15(23(38)39)8-17(46(40,41)42)47(43,44)45;;;;;/h2-5,9,14-15,17H,6-8,10H2,1H3,(H,29,34)(H,30,35)(H,36,37)(H,38,39)(H2,40,41,42)(H2,43,44,45)(H4,25,26,27,31,32);;;;;/q;5*+1/p-5/t14-,15?;;;;;/m0...../s1. The number of amides is 1. The molecule has 52 heavy (non-hydrogen) atoms. The molecule has 21 nitrogen and oxygen atoms in total. The molecule has 0 aliphatic carbocycles. The van der Waals surface area contributed by atoms with Crippen molar-refractivity contribution in [3.63, 3.8) is 0 Å². The number of aliphatic carboxylic acids is 2. The summed E-state index contributed by atoms with van der Waals surface area (Å²) in [5.74, 6) is -6.26. The Labute approximate surface area is 408 Å². The fraction of sp³-hybridized carbons (Fsp3) is 0.333. The van der Waals surface area contributed by atoms with E-state index >= 15 is 0 Å². The Hall–Kier alpha value is 0.540. The van der Waals surface area contributed by atoms with Crippen LogP contribution in [0.4, 0.5) is 17.5 Å². The van der Waals surface area contributed by atoms with Crippen LogP contribution in [0.5, 0.6) is 0 Å². The number of hydrogen-bond acceptors (Lipinski definition) is 20. The van der Waals surface area contributed by atoms with E-state index in [0.29, 0.717) is 11.4 Å². The van der Waals surface area contributed by atoms with Crippen molar-refractivity contribution in [1.29, 1.82) is 0 Å². The average molecular weight is 809 g/mol. The normalized spacial score (nSPS) is 12.9. The Morgan fingerprint density at radius 3 is 2.00 bits per heavy atom. The van der Waals surface area contributed by atoms with Gasteiger partial charge in [0.1, 0.15) is 0 Å². The SMILES string of the molecule is CN(Cc1cnc2nc(N)nc(N)c2n1)c1ccc(C(=O)N[C@@H](CCC([O-])=NC(CC([P+]([O-])([O-])[O-])[P+]([O-])(O)O)C(=O)[O-])C(=O)[O-])cc1.[Na+].[Na+].[Na+].[Na+].[Na+]. The number of nitrogens with one attached hydrogen (secondary N) is 1. The molecule has 0 fully saturated rings. The Morgan fingerprint density at radius 2 is 1.50 bits per heavy atom. The zero-order chi connectivity index (χ0) is 35.3. The maximum absolute atomic E-state index is 12.7. The predicted molar refractivity (Wildman–Crippen MR) is 151 cm³/mol. The summed E-state index contributed by atoms with van der Waals surface area (Å²) in [5, 5.41) is 34.3. The van der Waals surface area contributed by atoms with Gasteiger partial charge in [0.2, 0.25) is 11.3 Å². The maximum Gasteiger partial charge on any atom is 1.00 e.